The van der Waals surface area contributed by atoms with Crippen LogP contribution in [0, 0.1) is 13.8 Å². The zero-order valence-corrected chi connectivity index (χ0v) is 10.3. The summed E-state index contributed by atoms with van der Waals surface area (Å²) in [6.07, 6.45) is -0.0284. The first kappa shape index (κ1) is 14.1. The van der Waals surface area contributed by atoms with Crippen LogP contribution in [-0.2, 0) is 4.79 Å². The molecule has 1 rings (SSSR count). The minimum absolute atomic E-state index is 0.0284. The van der Waals surface area contributed by atoms with E-state index in [1.807, 2.05) is 0 Å². The molecule has 1 atom stereocenters. The third-order valence-electron chi connectivity index (χ3n) is 2.49. The van der Waals surface area contributed by atoms with Gasteiger partial charge < -0.3 is 15.5 Å². The number of pyridine rings is 1. The van der Waals surface area contributed by atoms with E-state index < -0.39 is 17.9 Å². The second kappa shape index (κ2) is 6.11. The van der Waals surface area contributed by atoms with E-state index in [0.29, 0.717) is 11.3 Å². The van der Waals surface area contributed by atoms with Gasteiger partial charge in [0.25, 0.3) is 5.91 Å². The molecule has 1 aromatic heterocycles. The molecule has 0 fully saturated rings. The summed E-state index contributed by atoms with van der Waals surface area (Å²) in [7, 11) is 0. The number of aliphatic hydroxyl groups is 1. The monoisotopic (exact) mass is 252 g/mol. The van der Waals surface area contributed by atoms with Crippen LogP contribution in [0.4, 0.5) is 0 Å². The maximum Gasteiger partial charge on any atom is 0.326 e. The number of hydrogen-bond donors (Lipinski definition) is 3. The molecule has 1 heterocycles. The van der Waals surface area contributed by atoms with Crippen molar-refractivity contribution < 1.29 is 19.8 Å². The minimum Gasteiger partial charge on any atom is -0.480 e. The van der Waals surface area contributed by atoms with E-state index in [1.165, 1.54) is 0 Å². The van der Waals surface area contributed by atoms with Gasteiger partial charge in [-0.05, 0) is 26.0 Å². The van der Waals surface area contributed by atoms with Gasteiger partial charge in [-0.25, -0.2) is 4.79 Å². The maximum atomic E-state index is 11.9. The molecule has 0 radical (unpaired) electrons. The molecule has 0 unspecified atom stereocenters. The van der Waals surface area contributed by atoms with Crippen molar-refractivity contribution in [2.75, 3.05) is 6.61 Å². The molecule has 0 aliphatic rings. The Bertz CT molecular complexity index is 459. The van der Waals surface area contributed by atoms with E-state index in [-0.39, 0.29) is 13.0 Å². The highest BCUT2D eigenvalue weighted by Crippen LogP contribution is 2.07. The van der Waals surface area contributed by atoms with Gasteiger partial charge in [0.1, 0.15) is 6.04 Å². The van der Waals surface area contributed by atoms with Gasteiger partial charge in [-0.15, -0.1) is 0 Å². The van der Waals surface area contributed by atoms with Crippen molar-refractivity contribution in [1.29, 1.82) is 0 Å². The number of aliphatic carboxylic acids is 1. The quantitative estimate of drug-likeness (QED) is 0.698. The van der Waals surface area contributed by atoms with Crippen molar-refractivity contribution >= 4 is 11.9 Å². The normalized spacial score (nSPS) is 11.9. The van der Waals surface area contributed by atoms with Crippen LogP contribution in [-0.4, -0.2) is 39.7 Å². The lowest BCUT2D eigenvalue weighted by atomic mass is 10.1. The van der Waals surface area contributed by atoms with Gasteiger partial charge in [0, 0.05) is 18.7 Å². The lowest BCUT2D eigenvalue weighted by Crippen LogP contribution is -2.41. The molecule has 6 heteroatoms. The fourth-order valence-corrected chi connectivity index (χ4v) is 1.55. The van der Waals surface area contributed by atoms with Crippen LogP contribution in [0.3, 0.4) is 0 Å². The van der Waals surface area contributed by atoms with Crippen molar-refractivity contribution in [2.45, 2.75) is 26.3 Å². The van der Waals surface area contributed by atoms with E-state index >= 15 is 0 Å². The number of carbonyl (C=O) groups is 2. The van der Waals surface area contributed by atoms with E-state index in [2.05, 4.69) is 10.3 Å². The SMILES string of the molecule is Cc1ccc(C(=O)N[C@H](CCO)C(=O)O)c(C)n1. The molecule has 1 amide bonds. The van der Waals surface area contributed by atoms with Gasteiger partial charge in [-0.1, -0.05) is 0 Å². The van der Waals surface area contributed by atoms with Crippen molar-refractivity contribution in [1.82, 2.24) is 10.3 Å². The highest BCUT2D eigenvalue weighted by atomic mass is 16.4. The lowest BCUT2D eigenvalue weighted by Gasteiger charge is -2.14. The fourth-order valence-electron chi connectivity index (χ4n) is 1.55. The van der Waals surface area contributed by atoms with Crippen molar-refractivity contribution in [3.8, 4) is 0 Å². The van der Waals surface area contributed by atoms with Crippen LogP contribution >= 0.6 is 0 Å². The Labute approximate surface area is 105 Å². The largest absolute Gasteiger partial charge is 0.480 e. The zero-order valence-electron chi connectivity index (χ0n) is 10.3. The van der Waals surface area contributed by atoms with E-state index in [1.54, 1.807) is 26.0 Å². The summed E-state index contributed by atoms with van der Waals surface area (Å²) in [5.74, 6) is -1.67. The molecule has 18 heavy (non-hydrogen) atoms. The summed E-state index contributed by atoms with van der Waals surface area (Å²) in [6.45, 7) is 3.19. The summed E-state index contributed by atoms with van der Waals surface area (Å²) in [5, 5.41) is 20.0. The Kier molecular flexibility index (Phi) is 4.79. The average molecular weight is 252 g/mol. The molecule has 0 aromatic carbocycles. The first-order valence-corrected chi connectivity index (χ1v) is 5.54. The number of aliphatic hydroxyl groups excluding tert-OH is 1. The van der Waals surface area contributed by atoms with E-state index in [4.69, 9.17) is 10.2 Å². The number of carboxylic acids is 1. The minimum atomic E-state index is -1.17. The third-order valence-corrected chi connectivity index (χ3v) is 2.49. The highest BCUT2D eigenvalue weighted by Gasteiger charge is 2.21. The standard InChI is InChI=1S/C12H16N2O4/c1-7-3-4-9(8(2)13-7)11(16)14-10(5-6-15)12(17)18/h3-4,10,15H,5-6H2,1-2H3,(H,14,16)(H,17,18)/t10-/m1/s1. The van der Waals surface area contributed by atoms with Gasteiger partial charge in [0.2, 0.25) is 0 Å². The Morgan fingerprint density at radius 1 is 1.39 bits per heavy atom. The summed E-state index contributed by atoms with van der Waals surface area (Å²) >= 11 is 0. The number of nitrogens with one attached hydrogen (secondary N) is 1. The first-order valence-electron chi connectivity index (χ1n) is 5.54. The molecule has 0 saturated heterocycles. The molecule has 0 aliphatic heterocycles. The van der Waals surface area contributed by atoms with Crippen molar-refractivity contribution in [3.63, 3.8) is 0 Å². The topological polar surface area (TPSA) is 99.5 Å². The predicted octanol–water partition coefficient (Wildman–Crippen LogP) is 0.264. The second-order valence-corrected chi connectivity index (χ2v) is 3.96. The summed E-state index contributed by atoms with van der Waals surface area (Å²) < 4.78 is 0. The number of rotatable bonds is 5. The molecule has 0 aliphatic carbocycles. The third kappa shape index (κ3) is 3.53. The van der Waals surface area contributed by atoms with E-state index in [0.717, 1.165) is 5.69 Å². The molecule has 3 N–H and O–H groups in total. The molecule has 6 nitrogen and oxygen atoms in total. The Balaban J connectivity index is 2.83. The smallest absolute Gasteiger partial charge is 0.326 e. The first-order chi connectivity index (χ1) is 8.45. The molecule has 0 saturated carbocycles. The predicted molar refractivity (Wildman–Crippen MR) is 64.3 cm³/mol. The fraction of sp³-hybridized carbons (Fsp3) is 0.417. The number of nitrogens with zero attached hydrogens (tertiary/aromatic N) is 1. The number of aryl methyl sites for hydroxylation is 2. The van der Waals surface area contributed by atoms with Crippen molar-refractivity contribution in [3.05, 3.63) is 29.1 Å². The Morgan fingerprint density at radius 2 is 2.06 bits per heavy atom. The van der Waals surface area contributed by atoms with Gasteiger partial charge in [0.05, 0.1) is 11.3 Å². The van der Waals surface area contributed by atoms with E-state index in [9.17, 15) is 9.59 Å². The molecule has 0 spiro atoms. The molecule has 98 valence electrons. The molecule has 0 bridgehead atoms. The number of amides is 1. The Morgan fingerprint density at radius 3 is 2.56 bits per heavy atom. The lowest BCUT2D eigenvalue weighted by molar-refractivity contribution is -0.139. The number of hydrogen-bond acceptors (Lipinski definition) is 4. The molecule has 1 aromatic rings. The molecular formula is C12H16N2O4. The average Bonchev–Trinajstić information content (AvgIpc) is 2.27. The summed E-state index contributed by atoms with van der Waals surface area (Å²) in [5.41, 5.74) is 1.67. The van der Waals surface area contributed by atoms with Gasteiger partial charge in [-0.2, -0.15) is 0 Å². The Hall–Kier alpha value is -1.95. The molecular weight excluding hydrogens is 236 g/mol. The van der Waals surface area contributed by atoms with Crippen LogP contribution in [0.25, 0.3) is 0 Å². The van der Waals surface area contributed by atoms with Gasteiger partial charge >= 0.3 is 5.97 Å². The van der Waals surface area contributed by atoms with Gasteiger partial charge in [-0.3, -0.25) is 9.78 Å². The van der Waals surface area contributed by atoms with Gasteiger partial charge in [0.15, 0.2) is 0 Å². The summed E-state index contributed by atoms with van der Waals surface area (Å²) in [6, 6.07) is 2.19. The van der Waals surface area contributed by atoms with Crippen LogP contribution in [0.1, 0.15) is 28.2 Å². The van der Waals surface area contributed by atoms with Crippen molar-refractivity contribution in [2.24, 2.45) is 0 Å². The number of carbonyl (C=O) groups excluding carboxylic acids is 1. The number of carboxylic acid groups (broad SMARTS) is 1. The van der Waals surface area contributed by atoms with Crippen LogP contribution in [0.5, 0.6) is 0 Å². The summed E-state index contributed by atoms with van der Waals surface area (Å²) in [4.78, 5) is 26.9. The zero-order chi connectivity index (χ0) is 13.7. The number of aromatic nitrogens is 1. The van der Waals surface area contributed by atoms with Crippen LogP contribution in [0.15, 0.2) is 12.1 Å². The van der Waals surface area contributed by atoms with Crippen LogP contribution in [0.2, 0.25) is 0 Å². The second-order valence-electron chi connectivity index (χ2n) is 3.96. The van der Waals surface area contributed by atoms with Crippen LogP contribution < -0.4 is 5.32 Å². The maximum absolute atomic E-state index is 11.9. The highest BCUT2D eigenvalue weighted by molar-refractivity contribution is 5.97.